The van der Waals surface area contributed by atoms with Gasteiger partial charge in [0.1, 0.15) is 0 Å². The summed E-state index contributed by atoms with van der Waals surface area (Å²) in [5, 5.41) is 0. The van der Waals surface area contributed by atoms with Gasteiger partial charge >= 0.3 is 0 Å². The van der Waals surface area contributed by atoms with Gasteiger partial charge in [0.05, 0.1) is 39.1 Å². The lowest BCUT2D eigenvalue weighted by Crippen LogP contribution is -2.26. The number of amides is 1. The molecular weight excluding hydrogens is 312 g/mol. The molecule has 1 amide bonds. The first-order valence-corrected chi connectivity index (χ1v) is 7.27. The third-order valence-corrected chi connectivity index (χ3v) is 3.90. The lowest BCUT2D eigenvalue weighted by molar-refractivity contribution is 0.0746. The Kier molecular flexibility index (Phi) is 4.11. The van der Waals surface area contributed by atoms with E-state index in [0.29, 0.717) is 35.9 Å². The van der Waals surface area contributed by atoms with Crippen LogP contribution >= 0.6 is 0 Å². The molecule has 0 unspecified atom stereocenters. The van der Waals surface area contributed by atoms with Crippen molar-refractivity contribution in [2.45, 2.75) is 13.1 Å². The monoisotopic (exact) mass is 330 g/mol. The number of carbonyl (C=O) groups is 1. The number of hydrogen-bond donors (Lipinski definition) is 1. The molecule has 24 heavy (non-hydrogen) atoms. The molecule has 2 aromatic rings. The molecule has 0 fully saturated rings. The molecule has 3 rings (SSSR count). The Morgan fingerprint density at radius 1 is 1.12 bits per heavy atom. The number of fused-ring (bicyclic) bond motifs is 1. The van der Waals surface area contributed by atoms with E-state index in [9.17, 15) is 4.79 Å². The van der Waals surface area contributed by atoms with E-state index in [0.717, 1.165) is 11.3 Å². The van der Waals surface area contributed by atoms with Crippen LogP contribution in [0.3, 0.4) is 0 Å². The highest BCUT2D eigenvalue weighted by Crippen LogP contribution is 2.40. The van der Waals surface area contributed by atoms with Gasteiger partial charge in [-0.05, 0) is 12.1 Å². The molecule has 0 bridgehead atoms. The van der Waals surface area contributed by atoms with Crippen LogP contribution in [-0.2, 0) is 13.1 Å². The normalized spacial score (nSPS) is 12.7. The summed E-state index contributed by atoms with van der Waals surface area (Å²) in [5.41, 5.74) is 7.64. The maximum atomic E-state index is 12.9. The van der Waals surface area contributed by atoms with Crippen molar-refractivity contribution in [3.05, 3.63) is 35.2 Å². The molecule has 0 saturated heterocycles. The minimum atomic E-state index is -0.190. The van der Waals surface area contributed by atoms with Gasteiger partial charge in [0.2, 0.25) is 11.7 Å². The highest BCUT2D eigenvalue weighted by atomic mass is 16.5. The number of rotatable bonds is 4. The summed E-state index contributed by atoms with van der Waals surface area (Å²) in [5.74, 6) is 1.22. The number of aromatic nitrogens is 2. The van der Waals surface area contributed by atoms with Crippen molar-refractivity contribution < 1.29 is 19.0 Å². The molecule has 0 spiro atoms. The Bertz CT molecular complexity index is 794. The summed E-state index contributed by atoms with van der Waals surface area (Å²) in [4.78, 5) is 22.7. The van der Waals surface area contributed by atoms with Crippen LogP contribution in [0.4, 0.5) is 5.95 Å². The standard InChI is InChI=1S/C16H18N4O4/c1-22-12-5-4-10(13(23-2)14(12)24-3)15(21)20-7-9-6-18-16(17)19-11(9)8-20/h4-6H,7-8H2,1-3H3,(H2,17,18,19). The zero-order chi connectivity index (χ0) is 17.3. The number of methoxy groups -OCH3 is 3. The summed E-state index contributed by atoms with van der Waals surface area (Å²) < 4.78 is 16.0. The summed E-state index contributed by atoms with van der Waals surface area (Å²) in [7, 11) is 4.51. The maximum absolute atomic E-state index is 12.9. The second kappa shape index (κ2) is 6.23. The molecule has 0 atom stereocenters. The maximum Gasteiger partial charge on any atom is 0.258 e. The summed E-state index contributed by atoms with van der Waals surface area (Å²) in [6.45, 7) is 0.796. The van der Waals surface area contributed by atoms with Gasteiger partial charge in [0, 0.05) is 18.3 Å². The number of nitrogens with zero attached hydrogens (tertiary/aromatic N) is 3. The van der Waals surface area contributed by atoms with E-state index in [1.54, 1.807) is 23.2 Å². The van der Waals surface area contributed by atoms with E-state index in [4.69, 9.17) is 19.9 Å². The van der Waals surface area contributed by atoms with Crippen LogP contribution in [0.15, 0.2) is 18.3 Å². The van der Waals surface area contributed by atoms with Crippen LogP contribution in [0, 0.1) is 0 Å². The van der Waals surface area contributed by atoms with Crippen molar-refractivity contribution in [1.29, 1.82) is 0 Å². The van der Waals surface area contributed by atoms with Crippen molar-refractivity contribution in [2.75, 3.05) is 27.1 Å². The average molecular weight is 330 g/mol. The SMILES string of the molecule is COc1ccc(C(=O)N2Cc3cnc(N)nc3C2)c(OC)c1OC. The Morgan fingerprint density at radius 2 is 1.88 bits per heavy atom. The van der Waals surface area contributed by atoms with E-state index >= 15 is 0 Å². The Morgan fingerprint density at radius 3 is 2.54 bits per heavy atom. The highest BCUT2D eigenvalue weighted by molar-refractivity contribution is 5.98. The second-order valence-electron chi connectivity index (χ2n) is 5.24. The molecule has 2 N–H and O–H groups in total. The van der Waals surface area contributed by atoms with Crippen LogP contribution in [0.1, 0.15) is 21.6 Å². The number of hydrogen-bond acceptors (Lipinski definition) is 7. The van der Waals surface area contributed by atoms with Crippen molar-refractivity contribution >= 4 is 11.9 Å². The molecule has 8 heteroatoms. The Hall–Kier alpha value is -3.03. The summed E-state index contributed by atoms with van der Waals surface area (Å²) in [6, 6.07) is 3.33. The fraction of sp³-hybridized carbons (Fsp3) is 0.312. The summed E-state index contributed by atoms with van der Waals surface area (Å²) in [6.07, 6.45) is 1.65. The van der Waals surface area contributed by atoms with Gasteiger partial charge in [-0.25, -0.2) is 9.97 Å². The topological polar surface area (TPSA) is 99.8 Å². The van der Waals surface area contributed by atoms with Crippen molar-refractivity contribution in [3.8, 4) is 17.2 Å². The van der Waals surface area contributed by atoms with Crippen molar-refractivity contribution in [2.24, 2.45) is 0 Å². The van der Waals surface area contributed by atoms with Gasteiger partial charge in [-0.1, -0.05) is 0 Å². The zero-order valence-corrected chi connectivity index (χ0v) is 13.7. The molecule has 1 aliphatic heterocycles. The van der Waals surface area contributed by atoms with Crippen LogP contribution in [0.25, 0.3) is 0 Å². The van der Waals surface area contributed by atoms with E-state index in [-0.39, 0.29) is 11.9 Å². The molecule has 2 heterocycles. The fourth-order valence-electron chi connectivity index (χ4n) is 2.75. The van der Waals surface area contributed by atoms with Crippen molar-refractivity contribution in [1.82, 2.24) is 14.9 Å². The minimum Gasteiger partial charge on any atom is -0.493 e. The molecular formula is C16H18N4O4. The highest BCUT2D eigenvalue weighted by Gasteiger charge is 2.29. The lowest BCUT2D eigenvalue weighted by Gasteiger charge is -2.19. The first-order chi connectivity index (χ1) is 11.6. The zero-order valence-electron chi connectivity index (χ0n) is 13.7. The molecule has 126 valence electrons. The summed E-state index contributed by atoms with van der Waals surface area (Å²) >= 11 is 0. The molecule has 0 aliphatic carbocycles. The number of ether oxygens (including phenoxy) is 3. The smallest absolute Gasteiger partial charge is 0.258 e. The van der Waals surface area contributed by atoms with Crippen LogP contribution in [0.2, 0.25) is 0 Å². The third kappa shape index (κ3) is 2.55. The largest absolute Gasteiger partial charge is 0.493 e. The minimum absolute atomic E-state index is 0.190. The van der Waals surface area contributed by atoms with E-state index in [2.05, 4.69) is 9.97 Å². The fourth-order valence-corrected chi connectivity index (χ4v) is 2.75. The van der Waals surface area contributed by atoms with Gasteiger partial charge in [-0.3, -0.25) is 4.79 Å². The first kappa shape index (κ1) is 15.9. The molecule has 0 radical (unpaired) electrons. The molecule has 1 aliphatic rings. The average Bonchev–Trinajstić information content (AvgIpc) is 3.02. The first-order valence-electron chi connectivity index (χ1n) is 7.27. The van der Waals surface area contributed by atoms with E-state index in [1.165, 1.54) is 21.3 Å². The second-order valence-corrected chi connectivity index (χ2v) is 5.24. The lowest BCUT2D eigenvalue weighted by atomic mass is 10.1. The predicted molar refractivity (Wildman–Crippen MR) is 86.1 cm³/mol. The van der Waals surface area contributed by atoms with Gasteiger partial charge in [0.15, 0.2) is 11.5 Å². The molecule has 1 aromatic heterocycles. The van der Waals surface area contributed by atoms with Gasteiger partial charge in [0.25, 0.3) is 5.91 Å². The molecule has 1 aromatic carbocycles. The van der Waals surface area contributed by atoms with E-state index in [1.807, 2.05) is 0 Å². The number of nitrogen functional groups attached to an aromatic ring is 1. The van der Waals surface area contributed by atoms with E-state index < -0.39 is 0 Å². The predicted octanol–water partition coefficient (Wildman–Crippen LogP) is 1.24. The quantitative estimate of drug-likeness (QED) is 0.900. The number of nitrogens with two attached hydrogens (primary N) is 1. The molecule has 0 saturated carbocycles. The van der Waals surface area contributed by atoms with Crippen LogP contribution < -0.4 is 19.9 Å². The Labute approximate surface area is 139 Å². The van der Waals surface area contributed by atoms with Gasteiger partial charge < -0.3 is 24.8 Å². The van der Waals surface area contributed by atoms with Crippen LogP contribution in [-0.4, -0.2) is 42.1 Å². The number of benzene rings is 1. The van der Waals surface area contributed by atoms with Crippen LogP contribution in [0.5, 0.6) is 17.2 Å². The Balaban J connectivity index is 1.94. The molecule has 8 nitrogen and oxygen atoms in total. The van der Waals surface area contributed by atoms with Gasteiger partial charge in [-0.2, -0.15) is 0 Å². The van der Waals surface area contributed by atoms with Crippen molar-refractivity contribution in [3.63, 3.8) is 0 Å². The number of carbonyl (C=O) groups excluding carboxylic acids is 1. The third-order valence-electron chi connectivity index (χ3n) is 3.90. The number of anilines is 1. The van der Waals surface area contributed by atoms with Gasteiger partial charge in [-0.15, -0.1) is 0 Å².